The first-order valence-corrected chi connectivity index (χ1v) is 12.4. The average molecular weight is 513 g/mol. The number of aromatic hydroxyl groups is 1. The number of aryl methyl sites for hydroxylation is 1. The summed E-state index contributed by atoms with van der Waals surface area (Å²) in [5, 5.41) is 25.4. The van der Waals surface area contributed by atoms with E-state index in [1.54, 1.807) is 12.1 Å². The van der Waals surface area contributed by atoms with Crippen LogP contribution in [0.1, 0.15) is 43.5 Å². The highest BCUT2D eigenvalue weighted by Gasteiger charge is 2.33. The summed E-state index contributed by atoms with van der Waals surface area (Å²) >= 11 is 0. The first-order chi connectivity index (χ1) is 18.1. The Balaban J connectivity index is 1.68. The number of carbonyl (C=O) groups excluding carboxylic acids is 2. The van der Waals surface area contributed by atoms with Crippen LogP contribution in [0.2, 0.25) is 0 Å². The van der Waals surface area contributed by atoms with Crippen molar-refractivity contribution in [3.8, 4) is 17.1 Å². The van der Waals surface area contributed by atoms with Gasteiger partial charge in [-0.1, -0.05) is 72.3 Å². The third kappa shape index (κ3) is 6.82. The lowest BCUT2D eigenvalue weighted by Crippen LogP contribution is -2.49. The molecule has 3 aromatic carbocycles. The Morgan fingerprint density at radius 3 is 2.26 bits per heavy atom. The van der Waals surface area contributed by atoms with E-state index in [9.17, 15) is 14.7 Å². The molecule has 0 radical (unpaired) electrons. The molecule has 0 aliphatic heterocycles. The molecule has 0 spiro atoms. The van der Waals surface area contributed by atoms with Crippen molar-refractivity contribution >= 4 is 11.8 Å². The van der Waals surface area contributed by atoms with E-state index in [0.717, 1.165) is 16.7 Å². The number of tetrazole rings is 1. The molecule has 38 heavy (non-hydrogen) atoms. The molecule has 4 aromatic rings. The third-order valence-corrected chi connectivity index (χ3v) is 5.82. The lowest BCUT2D eigenvalue weighted by Gasteiger charge is -2.33. The molecule has 1 aromatic heterocycles. The van der Waals surface area contributed by atoms with Crippen molar-refractivity contribution in [1.29, 1.82) is 0 Å². The number of benzene rings is 3. The van der Waals surface area contributed by atoms with Gasteiger partial charge in [0.25, 0.3) is 0 Å². The van der Waals surface area contributed by atoms with E-state index in [0.29, 0.717) is 11.4 Å². The van der Waals surface area contributed by atoms with Crippen LogP contribution >= 0.6 is 0 Å². The number of rotatable bonds is 8. The largest absolute Gasteiger partial charge is 0.508 e. The molecule has 196 valence electrons. The summed E-state index contributed by atoms with van der Waals surface area (Å²) in [4.78, 5) is 30.2. The van der Waals surface area contributed by atoms with E-state index in [1.807, 2.05) is 82.3 Å². The number of phenols is 1. The molecule has 1 unspecified atom stereocenters. The van der Waals surface area contributed by atoms with Crippen molar-refractivity contribution in [2.45, 2.75) is 52.4 Å². The van der Waals surface area contributed by atoms with Gasteiger partial charge >= 0.3 is 0 Å². The molecule has 0 fully saturated rings. The topological polar surface area (TPSA) is 113 Å². The highest BCUT2D eigenvalue weighted by atomic mass is 16.3. The van der Waals surface area contributed by atoms with Gasteiger partial charge in [0.2, 0.25) is 17.6 Å². The Hall–Kier alpha value is -4.53. The highest BCUT2D eigenvalue weighted by molar-refractivity contribution is 5.89. The van der Waals surface area contributed by atoms with Gasteiger partial charge < -0.3 is 15.3 Å². The minimum Gasteiger partial charge on any atom is -0.508 e. The number of hydrogen-bond acceptors (Lipinski definition) is 6. The molecule has 0 bridgehead atoms. The average Bonchev–Trinajstić information content (AvgIpc) is 3.33. The first kappa shape index (κ1) is 26.5. The van der Waals surface area contributed by atoms with Crippen LogP contribution < -0.4 is 5.32 Å². The van der Waals surface area contributed by atoms with E-state index in [1.165, 1.54) is 21.8 Å². The highest BCUT2D eigenvalue weighted by Crippen LogP contribution is 2.27. The van der Waals surface area contributed by atoms with Crippen molar-refractivity contribution in [3.63, 3.8) is 0 Å². The van der Waals surface area contributed by atoms with Gasteiger partial charge in [-0.15, -0.1) is 10.2 Å². The number of nitrogens with one attached hydrogen (secondary N) is 1. The molecule has 0 saturated carbocycles. The van der Waals surface area contributed by atoms with Gasteiger partial charge in [0.1, 0.15) is 18.3 Å². The van der Waals surface area contributed by atoms with E-state index in [2.05, 4.69) is 20.7 Å². The second-order valence-corrected chi connectivity index (χ2v) is 10.3. The predicted molar refractivity (Wildman–Crippen MR) is 144 cm³/mol. The summed E-state index contributed by atoms with van der Waals surface area (Å²) in [6, 6.07) is 22.5. The molecule has 1 heterocycles. The Morgan fingerprint density at radius 1 is 0.974 bits per heavy atom. The Bertz CT molecular complexity index is 1380. The summed E-state index contributed by atoms with van der Waals surface area (Å²) in [5.41, 5.74) is 2.81. The maximum atomic E-state index is 13.8. The molecule has 4 rings (SSSR count). The standard InChI is InChI=1S/C29H32N6O3/c1-20-10-12-23(13-11-20)27-31-33-35(32-27)19-25(37)34(18-21-8-6-5-7-9-21)26(28(38)30-29(2,3)4)22-14-16-24(36)17-15-22/h5-17,26,36H,18-19H2,1-4H3,(H,30,38). The van der Waals surface area contributed by atoms with Gasteiger partial charge in [0.15, 0.2) is 0 Å². The van der Waals surface area contributed by atoms with Crippen LogP contribution in [0.3, 0.4) is 0 Å². The summed E-state index contributed by atoms with van der Waals surface area (Å²) in [7, 11) is 0. The van der Waals surface area contributed by atoms with Crippen molar-refractivity contribution in [3.05, 3.63) is 95.6 Å². The second kappa shape index (κ2) is 11.2. The van der Waals surface area contributed by atoms with E-state index < -0.39 is 11.6 Å². The number of carbonyl (C=O) groups is 2. The molecule has 2 amide bonds. The monoisotopic (exact) mass is 512 g/mol. The van der Waals surface area contributed by atoms with Gasteiger partial charge in [-0.05, 0) is 56.2 Å². The fourth-order valence-corrected chi connectivity index (χ4v) is 4.01. The van der Waals surface area contributed by atoms with Crippen LogP contribution in [-0.2, 0) is 22.7 Å². The minimum absolute atomic E-state index is 0.0696. The first-order valence-electron chi connectivity index (χ1n) is 12.4. The number of phenolic OH excluding ortho intramolecular Hbond substituents is 1. The lowest BCUT2D eigenvalue weighted by atomic mass is 10.0. The molecule has 1 atom stereocenters. The molecular weight excluding hydrogens is 480 g/mol. The summed E-state index contributed by atoms with van der Waals surface area (Å²) in [6.07, 6.45) is 0. The van der Waals surface area contributed by atoms with Crippen LogP contribution in [0.4, 0.5) is 0 Å². The van der Waals surface area contributed by atoms with Crippen LogP contribution in [0.25, 0.3) is 11.4 Å². The summed E-state index contributed by atoms with van der Waals surface area (Å²) < 4.78 is 0. The normalized spacial score (nSPS) is 12.1. The summed E-state index contributed by atoms with van der Waals surface area (Å²) in [5.74, 6) is -0.212. The smallest absolute Gasteiger partial charge is 0.247 e. The molecular formula is C29H32N6O3. The summed E-state index contributed by atoms with van der Waals surface area (Å²) in [6.45, 7) is 7.62. The zero-order chi connectivity index (χ0) is 27.3. The van der Waals surface area contributed by atoms with E-state index in [4.69, 9.17) is 0 Å². The number of aromatic nitrogens is 4. The quantitative estimate of drug-likeness (QED) is 0.368. The van der Waals surface area contributed by atoms with Crippen molar-refractivity contribution < 1.29 is 14.7 Å². The van der Waals surface area contributed by atoms with Crippen molar-refractivity contribution in [2.24, 2.45) is 0 Å². The Labute approximate surface area is 222 Å². The minimum atomic E-state index is -0.956. The molecule has 2 N–H and O–H groups in total. The van der Waals surface area contributed by atoms with Crippen LogP contribution in [0.5, 0.6) is 5.75 Å². The van der Waals surface area contributed by atoms with Crippen LogP contribution in [0.15, 0.2) is 78.9 Å². The zero-order valence-corrected chi connectivity index (χ0v) is 22.0. The fourth-order valence-electron chi connectivity index (χ4n) is 4.01. The Kier molecular flexibility index (Phi) is 7.85. The molecule has 0 saturated heterocycles. The van der Waals surface area contributed by atoms with Gasteiger partial charge in [-0.2, -0.15) is 4.80 Å². The van der Waals surface area contributed by atoms with Crippen molar-refractivity contribution in [2.75, 3.05) is 0 Å². The third-order valence-electron chi connectivity index (χ3n) is 5.82. The number of amides is 2. The lowest BCUT2D eigenvalue weighted by molar-refractivity contribution is -0.143. The van der Waals surface area contributed by atoms with Gasteiger partial charge in [0, 0.05) is 17.6 Å². The van der Waals surface area contributed by atoms with Crippen molar-refractivity contribution in [1.82, 2.24) is 30.4 Å². The van der Waals surface area contributed by atoms with Gasteiger partial charge in [-0.3, -0.25) is 9.59 Å². The number of hydrogen-bond donors (Lipinski definition) is 2. The van der Waals surface area contributed by atoms with E-state index >= 15 is 0 Å². The Morgan fingerprint density at radius 2 is 1.63 bits per heavy atom. The maximum absolute atomic E-state index is 13.8. The maximum Gasteiger partial charge on any atom is 0.247 e. The molecule has 0 aliphatic carbocycles. The predicted octanol–water partition coefficient (Wildman–Crippen LogP) is 4.04. The number of nitrogens with zero attached hydrogens (tertiary/aromatic N) is 5. The van der Waals surface area contributed by atoms with Gasteiger partial charge in [-0.25, -0.2) is 0 Å². The molecule has 9 nitrogen and oxygen atoms in total. The second-order valence-electron chi connectivity index (χ2n) is 10.3. The van der Waals surface area contributed by atoms with Crippen LogP contribution in [0, 0.1) is 6.92 Å². The molecule has 9 heteroatoms. The SMILES string of the molecule is Cc1ccc(-c2nnn(CC(=O)N(Cc3ccccc3)C(C(=O)NC(C)(C)C)c3ccc(O)cc3)n2)cc1. The fraction of sp³-hybridized carbons (Fsp3) is 0.276. The van der Waals surface area contributed by atoms with Crippen LogP contribution in [-0.4, -0.2) is 47.6 Å². The zero-order valence-electron chi connectivity index (χ0n) is 22.0. The molecule has 0 aliphatic rings. The van der Waals surface area contributed by atoms with E-state index in [-0.39, 0.29) is 30.7 Å². The van der Waals surface area contributed by atoms with Gasteiger partial charge in [0.05, 0.1) is 0 Å².